The van der Waals surface area contributed by atoms with Crippen LogP contribution >= 0.6 is 11.6 Å². The number of halogens is 1. The number of terminal acetylenes is 1. The van der Waals surface area contributed by atoms with Crippen LogP contribution in [0.5, 0.6) is 0 Å². The van der Waals surface area contributed by atoms with Crippen LogP contribution in [0, 0.1) is 12.3 Å². The zero-order valence-corrected chi connectivity index (χ0v) is 5.76. The van der Waals surface area contributed by atoms with Gasteiger partial charge in [0.1, 0.15) is 10.8 Å². The van der Waals surface area contributed by atoms with E-state index >= 15 is 0 Å². The average Bonchev–Trinajstić information content (AvgIpc) is 1.85. The van der Waals surface area contributed by atoms with Crippen molar-refractivity contribution in [1.82, 2.24) is 9.97 Å². The van der Waals surface area contributed by atoms with E-state index in [9.17, 15) is 0 Å². The van der Waals surface area contributed by atoms with Crippen LogP contribution in [-0.2, 0) is 0 Å². The second-order valence-electron chi connectivity index (χ2n) is 1.58. The van der Waals surface area contributed by atoms with Crippen molar-refractivity contribution in [3.8, 4) is 12.3 Å². The summed E-state index contributed by atoms with van der Waals surface area (Å²) < 4.78 is 0. The highest BCUT2D eigenvalue weighted by Gasteiger charge is 1.95. The highest BCUT2D eigenvalue weighted by molar-refractivity contribution is 6.29. The van der Waals surface area contributed by atoms with Crippen LogP contribution in [0.15, 0.2) is 6.07 Å². The Morgan fingerprint density at radius 2 is 2.30 bits per heavy atom. The molecule has 0 saturated carbocycles. The summed E-state index contributed by atoms with van der Waals surface area (Å²) in [5, 5.41) is 0.264. The molecule has 0 fully saturated rings. The van der Waals surface area contributed by atoms with Gasteiger partial charge in [-0.2, -0.15) is 0 Å². The van der Waals surface area contributed by atoms with E-state index in [1.54, 1.807) is 0 Å². The summed E-state index contributed by atoms with van der Waals surface area (Å²) in [5.74, 6) is 2.39. The molecule has 0 aromatic carbocycles. The first kappa shape index (κ1) is 6.84. The molecule has 1 aromatic heterocycles. The van der Waals surface area contributed by atoms with Crippen molar-refractivity contribution in [3.05, 3.63) is 16.9 Å². The predicted octanol–water partition coefficient (Wildman–Crippen LogP) is 0.694. The van der Waals surface area contributed by atoms with E-state index in [2.05, 4.69) is 15.9 Å². The molecular formula is C6H4ClN3. The molecule has 3 nitrogen and oxygen atoms in total. The Hall–Kier alpha value is -1.27. The largest absolute Gasteiger partial charge is 0.368 e. The molecule has 0 unspecified atom stereocenters. The van der Waals surface area contributed by atoms with E-state index in [0.717, 1.165) is 0 Å². The molecule has 0 aliphatic heterocycles. The Morgan fingerprint density at radius 3 is 2.80 bits per heavy atom. The number of nitrogens with two attached hydrogens (primary N) is 1. The molecule has 1 aromatic rings. The summed E-state index contributed by atoms with van der Waals surface area (Å²) in [6.07, 6.45) is 5.03. The van der Waals surface area contributed by atoms with Crippen molar-refractivity contribution in [2.24, 2.45) is 0 Å². The molecule has 0 saturated heterocycles. The third kappa shape index (κ3) is 1.36. The smallest absolute Gasteiger partial charge is 0.222 e. The van der Waals surface area contributed by atoms with Crippen LogP contribution in [0.2, 0.25) is 5.15 Å². The highest BCUT2D eigenvalue weighted by atomic mass is 35.5. The first-order chi connectivity index (χ1) is 4.72. The molecule has 50 valence electrons. The van der Waals surface area contributed by atoms with Gasteiger partial charge in [-0.3, -0.25) is 0 Å². The van der Waals surface area contributed by atoms with Gasteiger partial charge in [-0.25, -0.2) is 9.97 Å². The third-order valence-corrected chi connectivity index (χ3v) is 1.05. The maximum Gasteiger partial charge on any atom is 0.222 e. The van der Waals surface area contributed by atoms with Gasteiger partial charge in [0.05, 0.1) is 0 Å². The fraction of sp³-hybridized carbons (Fsp3) is 0. The lowest BCUT2D eigenvalue weighted by Gasteiger charge is -1.92. The predicted molar refractivity (Wildman–Crippen MR) is 39.4 cm³/mol. The van der Waals surface area contributed by atoms with Gasteiger partial charge < -0.3 is 5.73 Å². The second-order valence-corrected chi connectivity index (χ2v) is 1.97. The molecule has 10 heavy (non-hydrogen) atoms. The van der Waals surface area contributed by atoms with Crippen LogP contribution in [0.4, 0.5) is 5.95 Å². The third-order valence-electron chi connectivity index (χ3n) is 0.860. The van der Waals surface area contributed by atoms with E-state index in [1.807, 2.05) is 0 Å². The lowest BCUT2D eigenvalue weighted by atomic mass is 10.4. The van der Waals surface area contributed by atoms with Crippen LogP contribution in [0.25, 0.3) is 0 Å². The summed E-state index contributed by atoms with van der Waals surface area (Å²) in [6.45, 7) is 0. The minimum absolute atomic E-state index is 0.0976. The zero-order valence-electron chi connectivity index (χ0n) is 5.00. The van der Waals surface area contributed by atoms with Crippen molar-refractivity contribution in [2.75, 3.05) is 5.73 Å². The molecule has 0 atom stereocenters. The fourth-order valence-electron chi connectivity index (χ4n) is 0.509. The molecule has 2 N–H and O–H groups in total. The molecule has 1 rings (SSSR count). The quantitative estimate of drug-likeness (QED) is 0.441. The van der Waals surface area contributed by atoms with Gasteiger partial charge in [0.2, 0.25) is 5.95 Å². The Kier molecular flexibility index (Phi) is 1.74. The van der Waals surface area contributed by atoms with E-state index in [1.165, 1.54) is 6.07 Å². The van der Waals surface area contributed by atoms with Gasteiger partial charge in [-0.1, -0.05) is 17.5 Å². The average molecular weight is 154 g/mol. The molecule has 0 spiro atoms. The lowest BCUT2D eigenvalue weighted by molar-refractivity contribution is 1.17. The van der Waals surface area contributed by atoms with Crippen LogP contribution in [0.1, 0.15) is 5.69 Å². The van der Waals surface area contributed by atoms with Crippen molar-refractivity contribution in [1.29, 1.82) is 0 Å². The molecule has 0 radical (unpaired) electrons. The topological polar surface area (TPSA) is 51.8 Å². The minimum atomic E-state index is 0.0976. The molecule has 0 aliphatic rings. The molecule has 4 heteroatoms. The molecular weight excluding hydrogens is 150 g/mol. The van der Waals surface area contributed by atoms with E-state index in [0.29, 0.717) is 5.69 Å². The summed E-state index contributed by atoms with van der Waals surface area (Å²) >= 11 is 5.50. The van der Waals surface area contributed by atoms with Gasteiger partial charge in [0.15, 0.2) is 0 Å². The highest BCUT2D eigenvalue weighted by Crippen LogP contribution is 2.06. The summed E-state index contributed by atoms with van der Waals surface area (Å²) in [4.78, 5) is 7.32. The van der Waals surface area contributed by atoms with Crippen LogP contribution < -0.4 is 5.73 Å². The SMILES string of the molecule is C#Cc1cc(Cl)nc(N)n1. The number of nitrogens with zero attached hydrogens (tertiary/aromatic N) is 2. The summed E-state index contributed by atoms with van der Waals surface area (Å²) in [5.41, 5.74) is 5.63. The molecule has 0 aliphatic carbocycles. The number of rotatable bonds is 0. The summed E-state index contributed by atoms with van der Waals surface area (Å²) in [6, 6.07) is 1.47. The monoisotopic (exact) mass is 153 g/mol. The van der Waals surface area contributed by atoms with E-state index in [4.69, 9.17) is 23.8 Å². The Labute approximate surface area is 63.2 Å². The van der Waals surface area contributed by atoms with Crippen LogP contribution in [-0.4, -0.2) is 9.97 Å². The number of anilines is 1. The molecule has 0 amide bonds. The zero-order chi connectivity index (χ0) is 7.56. The van der Waals surface area contributed by atoms with E-state index in [-0.39, 0.29) is 11.1 Å². The minimum Gasteiger partial charge on any atom is -0.368 e. The van der Waals surface area contributed by atoms with Gasteiger partial charge in [-0.05, 0) is 0 Å². The maximum atomic E-state index is 5.50. The number of hydrogen-bond acceptors (Lipinski definition) is 3. The normalized spacial score (nSPS) is 8.80. The van der Waals surface area contributed by atoms with Gasteiger partial charge in [0.25, 0.3) is 0 Å². The Bertz CT molecular complexity index is 269. The number of nitrogen functional groups attached to an aromatic ring is 1. The maximum absolute atomic E-state index is 5.50. The second kappa shape index (κ2) is 2.54. The molecule has 1 heterocycles. The Morgan fingerprint density at radius 1 is 1.60 bits per heavy atom. The number of hydrogen-bond donors (Lipinski definition) is 1. The Balaban J connectivity index is 3.22. The first-order valence-corrected chi connectivity index (χ1v) is 2.87. The summed E-state index contributed by atoms with van der Waals surface area (Å²) in [7, 11) is 0. The van der Waals surface area contributed by atoms with Crippen LogP contribution in [0.3, 0.4) is 0 Å². The standard InChI is InChI=1S/C6H4ClN3/c1-2-4-3-5(7)10-6(8)9-4/h1,3H,(H2,8,9,10). The van der Waals surface area contributed by atoms with Gasteiger partial charge in [0, 0.05) is 6.07 Å². The van der Waals surface area contributed by atoms with Crippen molar-refractivity contribution < 1.29 is 0 Å². The van der Waals surface area contributed by atoms with Gasteiger partial charge >= 0.3 is 0 Å². The lowest BCUT2D eigenvalue weighted by Crippen LogP contribution is -1.96. The van der Waals surface area contributed by atoms with E-state index < -0.39 is 0 Å². The van der Waals surface area contributed by atoms with Crippen molar-refractivity contribution >= 4 is 17.5 Å². The number of aromatic nitrogens is 2. The van der Waals surface area contributed by atoms with Gasteiger partial charge in [-0.15, -0.1) is 6.42 Å². The fourth-order valence-corrected chi connectivity index (χ4v) is 0.699. The first-order valence-electron chi connectivity index (χ1n) is 2.49. The molecule has 0 bridgehead atoms. The van der Waals surface area contributed by atoms with Crippen molar-refractivity contribution in [2.45, 2.75) is 0 Å². The van der Waals surface area contributed by atoms with Crippen molar-refractivity contribution in [3.63, 3.8) is 0 Å².